The molecule has 0 spiro atoms. The van der Waals surface area contributed by atoms with Crippen molar-refractivity contribution in [1.29, 1.82) is 0 Å². The number of carbonyl (C=O) groups is 1. The van der Waals surface area contributed by atoms with Crippen molar-refractivity contribution < 1.29 is 32.3 Å². The number of aryl methyl sites for hydroxylation is 1. The Hall–Kier alpha value is -3.22. The Balaban J connectivity index is 2.46. The molecule has 12 heteroatoms. The van der Waals surface area contributed by atoms with Crippen LogP contribution in [0.25, 0.3) is 0 Å². The van der Waals surface area contributed by atoms with Crippen molar-refractivity contribution in [3.05, 3.63) is 51.6 Å². The summed E-state index contributed by atoms with van der Waals surface area (Å²) in [6.45, 7) is 2.05. The molecule has 2 aromatic rings. The van der Waals surface area contributed by atoms with Crippen LogP contribution in [0.5, 0.6) is 11.5 Å². The molecule has 0 fully saturated rings. The first-order chi connectivity index (χ1) is 15.0. The Morgan fingerprint density at radius 1 is 1.12 bits per heavy atom. The number of nitrogens with one attached hydrogen (secondary N) is 1. The molecule has 32 heavy (non-hydrogen) atoms. The first-order valence-electron chi connectivity index (χ1n) is 9.35. The van der Waals surface area contributed by atoms with Crippen molar-refractivity contribution in [3.8, 4) is 11.5 Å². The van der Waals surface area contributed by atoms with Gasteiger partial charge in [-0.3, -0.25) is 14.9 Å². The van der Waals surface area contributed by atoms with Gasteiger partial charge in [-0.25, -0.2) is 12.7 Å². The van der Waals surface area contributed by atoms with E-state index in [0.717, 1.165) is 10.4 Å². The zero-order chi connectivity index (χ0) is 24.1. The number of anilines is 1. The van der Waals surface area contributed by atoms with Gasteiger partial charge in [-0.2, -0.15) is 0 Å². The number of amides is 1. The van der Waals surface area contributed by atoms with E-state index in [2.05, 4.69) is 5.32 Å². The number of hydrogen-bond donors (Lipinski definition) is 1. The number of methoxy groups -OCH3 is 2. The standard InChI is InChI=1S/C20H25N3O8S/c1-13-6-7-14(32(27,28)22(2)3)10-16(13)21-20(24)15-11-18(30-5)19(31-9-8-29-4)12-17(15)23(25)26/h6-7,10-12H,8-9H2,1-5H3,(H,21,24). The van der Waals surface area contributed by atoms with E-state index < -0.39 is 26.5 Å². The number of carbonyl (C=O) groups excluding carboxylic acids is 1. The second kappa shape index (κ2) is 10.4. The highest BCUT2D eigenvalue weighted by Crippen LogP contribution is 2.35. The lowest BCUT2D eigenvalue weighted by molar-refractivity contribution is -0.385. The van der Waals surface area contributed by atoms with Crippen LogP contribution < -0.4 is 14.8 Å². The zero-order valence-electron chi connectivity index (χ0n) is 18.4. The lowest BCUT2D eigenvalue weighted by Gasteiger charge is -2.15. The highest BCUT2D eigenvalue weighted by atomic mass is 32.2. The van der Waals surface area contributed by atoms with Crippen molar-refractivity contribution in [1.82, 2.24) is 4.31 Å². The molecular formula is C20H25N3O8S. The van der Waals surface area contributed by atoms with Gasteiger partial charge in [0.25, 0.3) is 11.6 Å². The Bertz CT molecular complexity index is 1120. The minimum Gasteiger partial charge on any atom is -0.493 e. The minimum absolute atomic E-state index is 0.0302. The summed E-state index contributed by atoms with van der Waals surface area (Å²) in [6, 6.07) is 6.55. The number of nitro groups is 1. The second-order valence-electron chi connectivity index (χ2n) is 6.84. The molecule has 0 atom stereocenters. The zero-order valence-corrected chi connectivity index (χ0v) is 19.2. The topological polar surface area (TPSA) is 137 Å². The molecule has 0 bridgehead atoms. The lowest BCUT2D eigenvalue weighted by atomic mass is 10.1. The van der Waals surface area contributed by atoms with Crippen LogP contribution in [0.15, 0.2) is 35.2 Å². The lowest BCUT2D eigenvalue weighted by Crippen LogP contribution is -2.22. The summed E-state index contributed by atoms with van der Waals surface area (Å²) in [6.07, 6.45) is 0. The highest BCUT2D eigenvalue weighted by molar-refractivity contribution is 7.89. The van der Waals surface area contributed by atoms with Gasteiger partial charge in [-0.05, 0) is 24.6 Å². The van der Waals surface area contributed by atoms with E-state index >= 15 is 0 Å². The van der Waals surface area contributed by atoms with E-state index in [1.807, 2.05) is 0 Å². The van der Waals surface area contributed by atoms with E-state index in [0.29, 0.717) is 5.56 Å². The predicted molar refractivity (Wildman–Crippen MR) is 117 cm³/mol. The fraction of sp³-hybridized carbons (Fsp3) is 0.350. The van der Waals surface area contributed by atoms with Gasteiger partial charge in [0, 0.05) is 33.0 Å². The van der Waals surface area contributed by atoms with Gasteiger partial charge in [0.2, 0.25) is 10.0 Å². The average molecular weight is 468 g/mol. The summed E-state index contributed by atoms with van der Waals surface area (Å²) < 4.78 is 41.4. The molecule has 0 saturated heterocycles. The molecule has 0 aliphatic heterocycles. The van der Waals surface area contributed by atoms with Gasteiger partial charge in [-0.15, -0.1) is 0 Å². The third-order valence-electron chi connectivity index (χ3n) is 4.50. The second-order valence-corrected chi connectivity index (χ2v) is 8.99. The third-order valence-corrected chi connectivity index (χ3v) is 6.32. The molecule has 0 aromatic heterocycles. The van der Waals surface area contributed by atoms with E-state index in [1.165, 1.54) is 52.6 Å². The summed E-state index contributed by atoms with van der Waals surface area (Å²) in [5.74, 6) is -0.596. The Kier molecular flexibility index (Phi) is 8.14. The fourth-order valence-corrected chi connectivity index (χ4v) is 3.61. The number of sulfonamides is 1. The first kappa shape index (κ1) is 25.0. The normalized spacial score (nSPS) is 11.3. The van der Waals surface area contributed by atoms with Crippen LogP contribution in [0, 0.1) is 17.0 Å². The Morgan fingerprint density at radius 2 is 1.81 bits per heavy atom. The molecule has 174 valence electrons. The van der Waals surface area contributed by atoms with Gasteiger partial charge in [-0.1, -0.05) is 6.07 Å². The van der Waals surface area contributed by atoms with Gasteiger partial charge >= 0.3 is 0 Å². The molecule has 0 aliphatic rings. The molecule has 1 amide bonds. The van der Waals surface area contributed by atoms with Crippen molar-refractivity contribution in [2.75, 3.05) is 46.8 Å². The van der Waals surface area contributed by atoms with Gasteiger partial charge in [0.05, 0.1) is 29.6 Å². The summed E-state index contributed by atoms with van der Waals surface area (Å²) in [4.78, 5) is 23.8. The number of nitro benzene ring substituents is 1. The van der Waals surface area contributed by atoms with E-state index in [9.17, 15) is 23.3 Å². The largest absolute Gasteiger partial charge is 0.493 e. The molecule has 1 N–H and O–H groups in total. The van der Waals surface area contributed by atoms with Crippen molar-refractivity contribution >= 4 is 27.3 Å². The summed E-state index contributed by atoms with van der Waals surface area (Å²) in [7, 11) is 1.86. The maximum Gasteiger partial charge on any atom is 0.286 e. The molecule has 2 rings (SSSR count). The number of benzene rings is 2. The van der Waals surface area contributed by atoms with Crippen LogP contribution >= 0.6 is 0 Å². The maximum atomic E-state index is 12.9. The van der Waals surface area contributed by atoms with E-state index in [1.54, 1.807) is 6.92 Å². The molecule has 0 radical (unpaired) electrons. The van der Waals surface area contributed by atoms with E-state index in [4.69, 9.17) is 14.2 Å². The van der Waals surface area contributed by atoms with Crippen LogP contribution in [0.2, 0.25) is 0 Å². The van der Waals surface area contributed by atoms with Gasteiger partial charge < -0.3 is 19.5 Å². The number of rotatable bonds is 10. The average Bonchev–Trinajstić information content (AvgIpc) is 2.74. The van der Waals surface area contributed by atoms with Crippen molar-refractivity contribution in [3.63, 3.8) is 0 Å². The quantitative estimate of drug-likeness (QED) is 0.319. The van der Waals surface area contributed by atoms with Crippen LogP contribution in [-0.4, -0.2) is 65.1 Å². The molecule has 0 unspecified atom stereocenters. The minimum atomic E-state index is -3.74. The van der Waals surface area contributed by atoms with E-state index in [-0.39, 0.29) is 40.9 Å². The predicted octanol–water partition coefficient (Wildman–Crippen LogP) is 2.44. The summed E-state index contributed by atoms with van der Waals surface area (Å²) in [5.41, 5.74) is 0.00783. The number of nitrogens with zero attached hydrogens (tertiary/aromatic N) is 2. The monoisotopic (exact) mass is 467 g/mol. The third kappa shape index (κ3) is 5.52. The van der Waals surface area contributed by atoms with Crippen molar-refractivity contribution in [2.45, 2.75) is 11.8 Å². The highest BCUT2D eigenvalue weighted by Gasteiger charge is 2.26. The summed E-state index contributed by atoms with van der Waals surface area (Å²) >= 11 is 0. The SMILES string of the molecule is COCCOc1cc([N+](=O)[O-])c(C(=O)Nc2cc(S(=O)(=O)N(C)C)ccc2C)cc1OC. The maximum absolute atomic E-state index is 12.9. The summed E-state index contributed by atoms with van der Waals surface area (Å²) in [5, 5.41) is 14.2. The Morgan fingerprint density at radius 3 is 2.38 bits per heavy atom. The molecule has 0 saturated carbocycles. The molecule has 0 heterocycles. The number of ether oxygens (including phenoxy) is 3. The van der Waals surface area contributed by atoms with Crippen LogP contribution in [0.4, 0.5) is 11.4 Å². The van der Waals surface area contributed by atoms with Crippen molar-refractivity contribution in [2.24, 2.45) is 0 Å². The molecule has 0 aliphatic carbocycles. The Labute approximate surface area is 186 Å². The molecule has 11 nitrogen and oxygen atoms in total. The van der Waals surface area contributed by atoms with Gasteiger partial charge in [0.1, 0.15) is 12.2 Å². The smallest absolute Gasteiger partial charge is 0.286 e. The van der Waals surface area contributed by atoms with Crippen LogP contribution in [-0.2, 0) is 14.8 Å². The van der Waals surface area contributed by atoms with Crippen LogP contribution in [0.1, 0.15) is 15.9 Å². The number of hydrogen-bond acceptors (Lipinski definition) is 8. The fourth-order valence-electron chi connectivity index (χ4n) is 2.69. The molecular weight excluding hydrogens is 442 g/mol. The van der Waals surface area contributed by atoms with Crippen LogP contribution in [0.3, 0.4) is 0 Å². The molecule has 2 aromatic carbocycles. The van der Waals surface area contributed by atoms with Gasteiger partial charge in [0.15, 0.2) is 11.5 Å². The first-order valence-corrected chi connectivity index (χ1v) is 10.8.